The van der Waals surface area contributed by atoms with E-state index in [1.165, 1.54) is 0 Å². The summed E-state index contributed by atoms with van der Waals surface area (Å²) in [5.74, 6) is 0. The molecule has 94 valence electrons. The van der Waals surface area contributed by atoms with Gasteiger partial charge in [-0.3, -0.25) is 9.97 Å². The van der Waals surface area contributed by atoms with Gasteiger partial charge in [0.25, 0.3) is 0 Å². The van der Waals surface area contributed by atoms with Crippen LogP contribution in [0.4, 0.5) is 0 Å². The minimum absolute atomic E-state index is 0.655. The molecule has 0 bridgehead atoms. The molecule has 3 nitrogen and oxygen atoms in total. The zero-order chi connectivity index (χ0) is 13.2. The Kier molecular flexibility index (Phi) is 2.97. The van der Waals surface area contributed by atoms with E-state index < -0.39 is 6.10 Å². The molecule has 1 atom stereocenters. The maximum atomic E-state index is 10.3. The first-order valence-electron chi connectivity index (χ1n) is 6.20. The first-order chi connectivity index (χ1) is 9.24. The molecule has 3 heteroatoms. The summed E-state index contributed by atoms with van der Waals surface area (Å²) >= 11 is 0. The van der Waals surface area contributed by atoms with Crippen molar-refractivity contribution in [1.82, 2.24) is 9.97 Å². The molecular formula is C16H14N2O. The molecule has 0 aliphatic rings. The lowest BCUT2D eigenvalue weighted by atomic mass is 10.0. The molecule has 0 amide bonds. The highest BCUT2D eigenvalue weighted by Crippen LogP contribution is 2.23. The molecule has 1 N–H and O–H groups in total. The Balaban J connectivity index is 2.04. The quantitative estimate of drug-likeness (QED) is 0.760. The van der Waals surface area contributed by atoms with Gasteiger partial charge in [-0.1, -0.05) is 18.2 Å². The van der Waals surface area contributed by atoms with Gasteiger partial charge in [-0.25, -0.2) is 0 Å². The SMILES string of the molecule is Cc1ccc2cc(C(O)c3ccccn3)ccc2n1. The van der Waals surface area contributed by atoms with E-state index in [0.29, 0.717) is 5.69 Å². The summed E-state index contributed by atoms with van der Waals surface area (Å²) in [7, 11) is 0. The molecule has 0 aliphatic carbocycles. The minimum atomic E-state index is -0.702. The summed E-state index contributed by atoms with van der Waals surface area (Å²) in [6.45, 7) is 1.97. The number of aromatic nitrogens is 2. The zero-order valence-electron chi connectivity index (χ0n) is 10.6. The summed E-state index contributed by atoms with van der Waals surface area (Å²) in [6.07, 6.45) is 0.983. The van der Waals surface area contributed by atoms with Crippen molar-refractivity contribution in [2.45, 2.75) is 13.0 Å². The third kappa shape index (κ3) is 2.33. The standard InChI is InChI=1S/C16H14N2O/c1-11-5-6-12-10-13(7-8-14(12)18-11)16(19)15-4-2-3-9-17-15/h2-10,16,19H,1H3. The van der Waals surface area contributed by atoms with Crippen LogP contribution in [0.25, 0.3) is 10.9 Å². The van der Waals surface area contributed by atoms with Crippen molar-refractivity contribution in [3.8, 4) is 0 Å². The van der Waals surface area contributed by atoms with Gasteiger partial charge in [-0.15, -0.1) is 0 Å². The Morgan fingerprint density at radius 3 is 2.74 bits per heavy atom. The summed E-state index contributed by atoms with van der Waals surface area (Å²) in [5, 5.41) is 11.3. The molecule has 0 saturated heterocycles. The van der Waals surface area contributed by atoms with Gasteiger partial charge >= 0.3 is 0 Å². The predicted octanol–water partition coefficient (Wildman–Crippen LogP) is 3.02. The van der Waals surface area contributed by atoms with Crippen LogP contribution < -0.4 is 0 Å². The van der Waals surface area contributed by atoms with Gasteiger partial charge in [0.15, 0.2) is 0 Å². The third-order valence-corrected chi connectivity index (χ3v) is 3.14. The number of aliphatic hydroxyl groups is 1. The van der Waals surface area contributed by atoms with Crippen molar-refractivity contribution in [2.24, 2.45) is 0 Å². The third-order valence-electron chi connectivity index (χ3n) is 3.14. The lowest BCUT2D eigenvalue weighted by Crippen LogP contribution is -2.01. The van der Waals surface area contributed by atoms with E-state index >= 15 is 0 Å². The van der Waals surface area contributed by atoms with Crippen LogP contribution in [0.3, 0.4) is 0 Å². The second-order valence-corrected chi connectivity index (χ2v) is 4.56. The monoisotopic (exact) mass is 250 g/mol. The van der Waals surface area contributed by atoms with Crippen molar-refractivity contribution in [3.63, 3.8) is 0 Å². The fourth-order valence-electron chi connectivity index (χ4n) is 2.12. The molecule has 3 rings (SSSR count). The second kappa shape index (κ2) is 4.78. The maximum Gasteiger partial charge on any atom is 0.121 e. The number of nitrogens with zero attached hydrogens (tertiary/aromatic N) is 2. The predicted molar refractivity (Wildman–Crippen MR) is 74.8 cm³/mol. The molecule has 0 radical (unpaired) electrons. The Morgan fingerprint density at radius 1 is 1.05 bits per heavy atom. The number of aliphatic hydroxyl groups excluding tert-OH is 1. The average molecular weight is 250 g/mol. The second-order valence-electron chi connectivity index (χ2n) is 4.56. The lowest BCUT2D eigenvalue weighted by Gasteiger charge is -2.11. The first kappa shape index (κ1) is 11.8. The van der Waals surface area contributed by atoms with E-state index in [1.807, 2.05) is 55.5 Å². The van der Waals surface area contributed by atoms with Gasteiger partial charge in [0.2, 0.25) is 0 Å². The largest absolute Gasteiger partial charge is 0.382 e. The van der Waals surface area contributed by atoms with Crippen LogP contribution in [0.5, 0.6) is 0 Å². The number of hydrogen-bond acceptors (Lipinski definition) is 3. The van der Waals surface area contributed by atoms with Crippen molar-refractivity contribution in [2.75, 3.05) is 0 Å². The van der Waals surface area contributed by atoms with Gasteiger partial charge in [0.05, 0.1) is 11.2 Å². The first-order valence-corrected chi connectivity index (χ1v) is 6.20. The molecule has 0 saturated carbocycles. The number of hydrogen-bond donors (Lipinski definition) is 1. The highest BCUT2D eigenvalue weighted by atomic mass is 16.3. The van der Waals surface area contributed by atoms with Crippen LogP contribution in [0, 0.1) is 6.92 Å². The number of pyridine rings is 2. The van der Waals surface area contributed by atoms with E-state index in [-0.39, 0.29) is 0 Å². The van der Waals surface area contributed by atoms with Crippen molar-refractivity contribution < 1.29 is 5.11 Å². The highest BCUT2D eigenvalue weighted by Gasteiger charge is 2.11. The fraction of sp³-hybridized carbons (Fsp3) is 0.125. The average Bonchev–Trinajstić information content (AvgIpc) is 2.47. The van der Waals surface area contributed by atoms with E-state index in [4.69, 9.17) is 0 Å². The van der Waals surface area contributed by atoms with Gasteiger partial charge in [0, 0.05) is 17.3 Å². The topological polar surface area (TPSA) is 46.0 Å². The van der Waals surface area contributed by atoms with Gasteiger partial charge in [0.1, 0.15) is 6.10 Å². The van der Waals surface area contributed by atoms with E-state index in [0.717, 1.165) is 22.2 Å². The summed E-state index contributed by atoms with van der Waals surface area (Å²) in [6, 6.07) is 15.3. The van der Waals surface area contributed by atoms with Gasteiger partial charge < -0.3 is 5.11 Å². The van der Waals surface area contributed by atoms with E-state index in [9.17, 15) is 5.11 Å². The summed E-state index contributed by atoms with van der Waals surface area (Å²) in [5.41, 5.74) is 3.42. The van der Waals surface area contributed by atoms with Crippen molar-refractivity contribution >= 4 is 10.9 Å². The number of aryl methyl sites for hydroxylation is 1. The molecule has 1 unspecified atom stereocenters. The van der Waals surface area contributed by atoms with Gasteiger partial charge in [-0.2, -0.15) is 0 Å². The molecule has 1 aromatic carbocycles. The van der Waals surface area contributed by atoms with Crippen molar-refractivity contribution in [3.05, 3.63) is 71.7 Å². The molecule has 0 fully saturated rings. The van der Waals surface area contributed by atoms with Gasteiger partial charge in [-0.05, 0) is 42.8 Å². The van der Waals surface area contributed by atoms with Crippen LogP contribution in [-0.2, 0) is 0 Å². The molecule has 0 aliphatic heterocycles. The summed E-state index contributed by atoms with van der Waals surface area (Å²) in [4.78, 5) is 8.64. The Hall–Kier alpha value is -2.26. The number of rotatable bonds is 2. The molecule has 0 spiro atoms. The molecule has 2 heterocycles. The molecular weight excluding hydrogens is 236 g/mol. The van der Waals surface area contributed by atoms with Crippen LogP contribution in [0.1, 0.15) is 23.1 Å². The Bertz CT molecular complexity index is 710. The highest BCUT2D eigenvalue weighted by molar-refractivity contribution is 5.79. The lowest BCUT2D eigenvalue weighted by molar-refractivity contribution is 0.215. The fourth-order valence-corrected chi connectivity index (χ4v) is 2.12. The van der Waals surface area contributed by atoms with E-state index in [2.05, 4.69) is 9.97 Å². The number of fused-ring (bicyclic) bond motifs is 1. The van der Waals surface area contributed by atoms with E-state index in [1.54, 1.807) is 6.20 Å². The smallest absolute Gasteiger partial charge is 0.121 e. The molecule has 2 aromatic heterocycles. The van der Waals surface area contributed by atoms with Crippen LogP contribution in [0.2, 0.25) is 0 Å². The Morgan fingerprint density at radius 2 is 1.95 bits per heavy atom. The van der Waals surface area contributed by atoms with Crippen LogP contribution >= 0.6 is 0 Å². The normalized spacial score (nSPS) is 12.5. The van der Waals surface area contributed by atoms with Crippen LogP contribution in [0.15, 0.2) is 54.7 Å². The number of benzene rings is 1. The van der Waals surface area contributed by atoms with Crippen LogP contribution in [-0.4, -0.2) is 15.1 Å². The molecule has 3 aromatic rings. The molecule has 19 heavy (non-hydrogen) atoms. The van der Waals surface area contributed by atoms with Crippen molar-refractivity contribution in [1.29, 1.82) is 0 Å². The maximum absolute atomic E-state index is 10.3. The zero-order valence-corrected chi connectivity index (χ0v) is 10.6. The minimum Gasteiger partial charge on any atom is -0.382 e. The summed E-state index contributed by atoms with van der Waals surface area (Å²) < 4.78 is 0. The Labute approximate surface area is 111 Å².